The van der Waals surface area contributed by atoms with Crippen LogP contribution >= 0.6 is 34.8 Å². The molecule has 13 heavy (non-hydrogen) atoms. The molecule has 0 aliphatic heterocycles. The third kappa shape index (κ3) is 2.08. The highest BCUT2D eigenvalue weighted by atomic mass is 35.5. The predicted molar refractivity (Wildman–Crippen MR) is 53.0 cm³/mol. The van der Waals surface area contributed by atoms with Crippen molar-refractivity contribution in [3.05, 3.63) is 33.3 Å². The lowest BCUT2D eigenvalue weighted by molar-refractivity contribution is 0.0697. The van der Waals surface area contributed by atoms with Crippen LogP contribution in [0.5, 0.6) is 0 Å². The first-order valence-electron chi connectivity index (χ1n) is 3.34. The summed E-state index contributed by atoms with van der Waals surface area (Å²) in [4.78, 5) is 10.6. The topological polar surface area (TPSA) is 37.3 Å². The Labute approximate surface area is 90.0 Å². The van der Waals surface area contributed by atoms with Gasteiger partial charge in [-0.15, -0.1) is 11.6 Å². The lowest BCUT2D eigenvalue weighted by atomic mass is 10.1. The number of hydrogen-bond acceptors (Lipinski definition) is 1. The first kappa shape index (κ1) is 10.6. The SMILES string of the molecule is O=C(O)c1ccc(Cl)c(CCl)c1Cl. The van der Waals surface area contributed by atoms with Crippen LogP contribution in [0, 0.1) is 0 Å². The monoisotopic (exact) mass is 238 g/mol. The molecule has 1 rings (SSSR count). The van der Waals surface area contributed by atoms with E-state index < -0.39 is 5.97 Å². The van der Waals surface area contributed by atoms with Gasteiger partial charge in [-0.2, -0.15) is 0 Å². The van der Waals surface area contributed by atoms with Crippen molar-refractivity contribution in [1.82, 2.24) is 0 Å². The zero-order valence-electron chi connectivity index (χ0n) is 6.35. The van der Waals surface area contributed by atoms with Crippen molar-refractivity contribution < 1.29 is 9.90 Å². The average Bonchev–Trinajstić information content (AvgIpc) is 2.04. The Kier molecular flexibility index (Phi) is 3.42. The van der Waals surface area contributed by atoms with E-state index in [9.17, 15) is 4.79 Å². The van der Waals surface area contributed by atoms with E-state index in [0.29, 0.717) is 10.6 Å². The van der Waals surface area contributed by atoms with Gasteiger partial charge in [-0.05, 0) is 12.1 Å². The molecule has 0 aliphatic rings. The summed E-state index contributed by atoms with van der Waals surface area (Å²) in [5.74, 6) is -0.994. The van der Waals surface area contributed by atoms with Gasteiger partial charge in [-0.3, -0.25) is 0 Å². The van der Waals surface area contributed by atoms with Gasteiger partial charge >= 0.3 is 5.97 Å². The Hall–Kier alpha value is -0.440. The molecule has 0 unspecified atom stereocenters. The zero-order valence-corrected chi connectivity index (χ0v) is 8.62. The van der Waals surface area contributed by atoms with E-state index in [1.165, 1.54) is 12.1 Å². The van der Waals surface area contributed by atoms with Gasteiger partial charge in [0.2, 0.25) is 0 Å². The highest BCUT2D eigenvalue weighted by Crippen LogP contribution is 2.29. The molecule has 1 aromatic carbocycles. The minimum Gasteiger partial charge on any atom is -0.478 e. The summed E-state index contributed by atoms with van der Waals surface area (Å²) in [6.45, 7) is 0. The second-order valence-corrected chi connectivity index (χ2v) is 3.38. The van der Waals surface area contributed by atoms with Gasteiger partial charge < -0.3 is 5.11 Å². The van der Waals surface area contributed by atoms with Crippen molar-refractivity contribution >= 4 is 40.8 Å². The van der Waals surface area contributed by atoms with Gasteiger partial charge in [0.25, 0.3) is 0 Å². The van der Waals surface area contributed by atoms with E-state index >= 15 is 0 Å². The van der Waals surface area contributed by atoms with Crippen LogP contribution in [0.2, 0.25) is 10.0 Å². The number of benzene rings is 1. The average molecular weight is 239 g/mol. The molecule has 0 aromatic heterocycles. The van der Waals surface area contributed by atoms with Gasteiger partial charge in [0.15, 0.2) is 0 Å². The van der Waals surface area contributed by atoms with Gasteiger partial charge in [0.1, 0.15) is 0 Å². The summed E-state index contributed by atoms with van der Waals surface area (Å²) in [5.41, 5.74) is 0.464. The third-order valence-corrected chi connectivity index (χ3v) is 2.60. The molecule has 0 aliphatic carbocycles. The molecule has 0 amide bonds. The van der Waals surface area contributed by atoms with Crippen LogP contribution in [0.15, 0.2) is 12.1 Å². The number of halogens is 3. The summed E-state index contributed by atoms with van der Waals surface area (Å²) < 4.78 is 0. The van der Waals surface area contributed by atoms with Crippen molar-refractivity contribution in [2.24, 2.45) is 0 Å². The van der Waals surface area contributed by atoms with E-state index in [1.54, 1.807) is 0 Å². The van der Waals surface area contributed by atoms with E-state index in [4.69, 9.17) is 39.9 Å². The fraction of sp³-hybridized carbons (Fsp3) is 0.125. The van der Waals surface area contributed by atoms with Gasteiger partial charge in [-0.1, -0.05) is 23.2 Å². The molecule has 0 heterocycles. The van der Waals surface area contributed by atoms with Gasteiger partial charge in [-0.25, -0.2) is 4.79 Å². The third-order valence-electron chi connectivity index (χ3n) is 1.55. The second kappa shape index (κ2) is 4.18. The smallest absolute Gasteiger partial charge is 0.337 e. The van der Waals surface area contributed by atoms with Crippen molar-refractivity contribution in [1.29, 1.82) is 0 Å². The predicted octanol–water partition coefficient (Wildman–Crippen LogP) is 3.43. The molecule has 0 atom stereocenters. The van der Waals surface area contributed by atoms with E-state index in [-0.39, 0.29) is 16.5 Å². The largest absolute Gasteiger partial charge is 0.478 e. The molecule has 0 spiro atoms. The molecular formula is C8H5Cl3O2. The number of aromatic carboxylic acids is 1. The maximum absolute atomic E-state index is 10.6. The molecule has 5 heteroatoms. The Morgan fingerprint density at radius 1 is 1.38 bits per heavy atom. The molecule has 0 saturated carbocycles. The van der Waals surface area contributed by atoms with E-state index in [0.717, 1.165) is 0 Å². The maximum atomic E-state index is 10.6. The Morgan fingerprint density at radius 3 is 2.46 bits per heavy atom. The Bertz CT molecular complexity index is 349. The standard InChI is InChI=1S/C8H5Cl3O2/c9-3-5-6(10)2-1-4(7(5)11)8(12)13/h1-2H,3H2,(H,12,13). The van der Waals surface area contributed by atoms with E-state index in [2.05, 4.69) is 0 Å². The number of carbonyl (C=O) groups is 1. The van der Waals surface area contributed by atoms with Crippen LogP contribution in [0.25, 0.3) is 0 Å². The molecule has 70 valence electrons. The molecule has 0 saturated heterocycles. The molecule has 0 radical (unpaired) electrons. The highest BCUT2D eigenvalue weighted by Gasteiger charge is 2.14. The molecule has 0 fully saturated rings. The summed E-state index contributed by atoms with van der Waals surface area (Å²) in [6.07, 6.45) is 0. The summed E-state index contributed by atoms with van der Waals surface area (Å²) in [5, 5.41) is 9.19. The minimum absolute atomic E-state index is 0.0155. The van der Waals surface area contributed by atoms with Crippen LogP contribution < -0.4 is 0 Å². The molecule has 0 bridgehead atoms. The summed E-state index contributed by atoms with van der Waals surface area (Å²) in [7, 11) is 0. The van der Waals surface area contributed by atoms with Crippen LogP contribution in [-0.4, -0.2) is 11.1 Å². The molecule has 1 aromatic rings. The van der Waals surface area contributed by atoms with Crippen molar-refractivity contribution in [2.45, 2.75) is 5.88 Å². The fourth-order valence-corrected chi connectivity index (χ4v) is 1.88. The first-order chi connectivity index (χ1) is 6.07. The lowest BCUT2D eigenvalue weighted by Gasteiger charge is -2.05. The molecule has 1 N–H and O–H groups in total. The van der Waals surface area contributed by atoms with Gasteiger partial charge in [0.05, 0.1) is 16.5 Å². The van der Waals surface area contributed by atoms with Gasteiger partial charge in [0, 0.05) is 10.6 Å². The van der Waals surface area contributed by atoms with Crippen molar-refractivity contribution in [2.75, 3.05) is 0 Å². The fourth-order valence-electron chi connectivity index (χ4n) is 0.885. The van der Waals surface area contributed by atoms with Crippen LogP contribution in [0.1, 0.15) is 15.9 Å². The number of alkyl halides is 1. The molecular weight excluding hydrogens is 234 g/mol. The van der Waals surface area contributed by atoms with Crippen LogP contribution in [0.3, 0.4) is 0 Å². The number of carboxylic acids is 1. The Balaban J connectivity index is 3.35. The second-order valence-electron chi connectivity index (χ2n) is 2.33. The number of carboxylic acid groups (broad SMARTS) is 1. The van der Waals surface area contributed by atoms with Crippen molar-refractivity contribution in [3.8, 4) is 0 Å². The quantitative estimate of drug-likeness (QED) is 0.803. The summed E-state index contributed by atoms with van der Waals surface area (Å²) >= 11 is 17.1. The van der Waals surface area contributed by atoms with Crippen molar-refractivity contribution in [3.63, 3.8) is 0 Å². The maximum Gasteiger partial charge on any atom is 0.337 e. The van der Waals surface area contributed by atoms with Crippen LogP contribution in [0.4, 0.5) is 0 Å². The minimum atomic E-state index is -1.09. The number of hydrogen-bond donors (Lipinski definition) is 1. The lowest BCUT2D eigenvalue weighted by Crippen LogP contribution is -1.99. The Morgan fingerprint density at radius 2 is 2.00 bits per heavy atom. The first-order valence-corrected chi connectivity index (χ1v) is 4.63. The number of rotatable bonds is 2. The molecule has 2 nitrogen and oxygen atoms in total. The zero-order chi connectivity index (χ0) is 10.0. The van der Waals surface area contributed by atoms with Crippen LogP contribution in [-0.2, 0) is 5.88 Å². The normalized spacial score (nSPS) is 10.1. The highest BCUT2D eigenvalue weighted by molar-refractivity contribution is 6.38. The summed E-state index contributed by atoms with van der Waals surface area (Å²) in [6, 6.07) is 2.82. The van der Waals surface area contributed by atoms with E-state index in [1.807, 2.05) is 0 Å².